The van der Waals surface area contributed by atoms with E-state index in [1.807, 2.05) is 43.3 Å². The van der Waals surface area contributed by atoms with Gasteiger partial charge in [-0.15, -0.1) is 0 Å². The van der Waals surface area contributed by atoms with Crippen molar-refractivity contribution in [2.75, 3.05) is 44.6 Å². The fourth-order valence-corrected chi connectivity index (χ4v) is 3.40. The lowest BCUT2D eigenvalue weighted by atomic mass is 10.2. The highest BCUT2D eigenvalue weighted by atomic mass is 35.5. The van der Waals surface area contributed by atoms with E-state index in [9.17, 15) is 4.79 Å². The molecule has 1 fully saturated rings. The SMILES string of the molecule is CC(C(=O)Nc1ccc(Cl)cc1)N1CCN(CCOc2ccc(Cl)cc2)CC1.O=C(O)C(=O)O.O=C(O)C(=O)O. The Bertz CT molecular complexity index is 1090. The van der Waals surface area contributed by atoms with Crippen LogP contribution in [0.3, 0.4) is 0 Å². The first-order valence-electron chi connectivity index (χ1n) is 11.6. The average Bonchev–Trinajstić information content (AvgIpc) is 2.91. The van der Waals surface area contributed by atoms with Crippen molar-refractivity contribution in [1.29, 1.82) is 0 Å². The third kappa shape index (κ3) is 13.8. The van der Waals surface area contributed by atoms with Crippen LogP contribution < -0.4 is 10.1 Å². The summed E-state index contributed by atoms with van der Waals surface area (Å²) in [5.74, 6) is -6.47. The molecule has 0 aromatic heterocycles. The van der Waals surface area contributed by atoms with Gasteiger partial charge in [0.15, 0.2) is 0 Å². The van der Waals surface area contributed by atoms with E-state index in [1.54, 1.807) is 12.1 Å². The first kappa shape index (κ1) is 34.1. The second-order valence-corrected chi connectivity index (χ2v) is 8.95. The van der Waals surface area contributed by atoms with Gasteiger partial charge in [0.25, 0.3) is 0 Å². The normalized spacial score (nSPS) is 13.8. The van der Waals surface area contributed by atoms with Gasteiger partial charge in [-0.3, -0.25) is 14.6 Å². The van der Waals surface area contributed by atoms with Crippen LogP contribution in [0.4, 0.5) is 5.69 Å². The number of hydrogen-bond donors (Lipinski definition) is 5. The number of carbonyl (C=O) groups is 5. The fraction of sp³-hybridized carbons (Fsp3) is 0.320. The number of carbonyl (C=O) groups excluding carboxylic acids is 1. The second-order valence-electron chi connectivity index (χ2n) is 8.07. The Morgan fingerprint density at radius 1 is 0.775 bits per heavy atom. The lowest BCUT2D eigenvalue weighted by Gasteiger charge is -2.37. The molecule has 1 aliphatic heterocycles. The summed E-state index contributed by atoms with van der Waals surface area (Å²) in [4.78, 5) is 53.5. The van der Waals surface area contributed by atoms with Crippen molar-refractivity contribution in [3.8, 4) is 5.75 Å². The number of nitrogens with one attached hydrogen (secondary N) is 1. The molecule has 2 aromatic carbocycles. The van der Waals surface area contributed by atoms with Gasteiger partial charge in [-0.05, 0) is 55.5 Å². The van der Waals surface area contributed by atoms with Gasteiger partial charge in [0.05, 0.1) is 6.04 Å². The van der Waals surface area contributed by atoms with Gasteiger partial charge in [-0.1, -0.05) is 23.2 Å². The second kappa shape index (κ2) is 17.6. The van der Waals surface area contributed by atoms with E-state index >= 15 is 0 Å². The van der Waals surface area contributed by atoms with Gasteiger partial charge >= 0.3 is 23.9 Å². The summed E-state index contributed by atoms with van der Waals surface area (Å²) in [6, 6.07) is 14.4. The number of carboxylic acid groups (broad SMARTS) is 4. The lowest BCUT2D eigenvalue weighted by Crippen LogP contribution is -2.53. The maximum absolute atomic E-state index is 12.5. The molecular weight excluding hydrogens is 573 g/mol. The maximum atomic E-state index is 12.5. The van der Waals surface area contributed by atoms with Gasteiger partial charge in [0.2, 0.25) is 5.91 Å². The van der Waals surface area contributed by atoms with E-state index < -0.39 is 23.9 Å². The number of benzene rings is 2. The van der Waals surface area contributed by atoms with Crippen molar-refractivity contribution < 1.29 is 49.1 Å². The number of hydrogen-bond acceptors (Lipinski definition) is 8. The number of ether oxygens (including phenoxy) is 1. The highest BCUT2D eigenvalue weighted by molar-refractivity contribution is 6.31. The molecule has 0 aliphatic carbocycles. The molecule has 0 spiro atoms. The zero-order chi connectivity index (χ0) is 30.2. The minimum Gasteiger partial charge on any atom is -0.492 e. The fourth-order valence-electron chi connectivity index (χ4n) is 3.14. The Morgan fingerprint density at radius 3 is 1.62 bits per heavy atom. The Balaban J connectivity index is 0.000000559. The molecule has 15 heteroatoms. The summed E-state index contributed by atoms with van der Waals surface area (Å²) in [7, 11) is 0. The topological polar surface area (TPSA) is 194 Å². The summed E-state index contributed by atoms with van der Waals surface area (Å²) in [6.07, 6.45) is 0. The monoisotopic (exact) mass is 601 g/mol. The van der Waals surface area contributed by atoms with E-state index in [1.165, 1.54) is 0 Å². The quantitative estimate of drug-likeness (QED) is 0.291. The van der Waals surface area contributed by atoms with E-state index in [0.29, 0.717) is 16.7 Å². The molecular formula is C25H29Cl2N3O10. The Kier molecular flexibility index (Phi) is 15.0. The van der Waals surface area contributed by atoms with Crippen LogP contribution in [-0.4, -0.2) is 105 Å². The molecule has 1 saturated heterocycles. The molecule has 218 valence electrons. The molecule has 1 amide bonds. The average molecular weight is 602 g/mol. The lowest BCUT2D eigenvalue weighted by molar-refractivity contribution is -0.159. The predicted molar refractivity (Wildman–Crippen MR) is 145 cm³/mol. The molecule has 1 atom stereocenters. The Labute approximate surface area is 239 Å². The van der Waals surface area contributed by atoms with Crippen LogP contribution >= 0.6 is 23.2 Å². The van der Waals surface area contributed by atoms with Crippen LogP contribution in [0.1, 0.15) is 6.92 Å². The van der Waals surface area contributed by atoms with Gasteiger partial charge in [0, 0.05) is 48.5 Å². The molecule has 3 rings (SSSR count). The van der Waals surface area contributed by atoms with Crippen LogP contribution in [0.25, 0.3) is 0 Å². The number of rotatable bonds is 7. The van der Waals surface area contributed by atoms with E-state index in [0.717, 1.165) is 44.2 Å². The number of piperazine rings is 1. The van der Waals surface area contributed by atoms with Crippen LogP contribution in [0.5, 0.6) is 5.75 Å². The summed E-state index contributed by atoms with van der Waals surface area (Å²) < 4.78 is 5.76. The van der Waals surface area contributed by atoms with Crippen molar-refractivity contribution >= 4 is 58.7 Å². The third-order valence-electron chi connectivity index (χ3n) is 5.30. The number of nitrogens with zero attached hydrogens (tertiary/aromatic N) is 2. The molecule has 40 heavy (non-hydrogen) atoms. The van der Waals surface area contributed by atoms with Gasteiger partial charge in [-0.25, -0.2) is 19.2 Å². The van der Waals surface area contributed by atoms with Crippen molar-refractivity contribution in [2.24, 2.45) is 0 Å². The number of halogens is 2. The van der Waals surface area contributed by atoms with Crippen LogP contribution in [0, 0.1) is 0 Å². The van der Waals surface area contributed by atoms with Gasteiger partial charge in [-0.2, -0.15) is 0 Å². The molecule has 0 radical (unpaired) electrons. The largest absolute Gasteiger partial charge is 0.492 e. The molecule has 1 unspecified atom stereocenters. The van der Waals surface area contributed by atoms with Crippen LogP contribution in [0.15, 0.2) is 48.5 Å². The standard InChI is InChI=1S/C21H25Cl2N3O2.2C2H2O4/c1-16(21(27)24-19-6-2-17(22)3-7-19)26-12-10-25(11-13-26)14-15-28-20-8-4-18(23)5-9-20;2*3-1(4)2(5)6/h2-9,16H,10-15H2,1H3,(H,24,27);2*(H,3,4)(H,5,6). The van der Waals surface area contributed by atoms with Gasteiger partial charge < -0.3 is 30.5 Å². The molecule has 2 aromatic rings. The summed E-state index contributed by atoms with van der Waals surface area (Å²) in [5, 5.41) is 33.9. The smallest absolute Gasteiger partial charge is 0.414 e. The van der Waals surface area contributed by atoms with Crippen molar-refractivity contribution in [3.05, 3.63) is 58.6 Å². The van der Waals surface area contributed by atoms with E-state index in [2.05, 4.69) is 15.1 Å². The number of anilines is 1. The Hall–Kier alpha value is -3.91. The molecule has 13 nitrogen and oxygen atoms in total. The Morgan fingerprint density at radius 2 is 1.20 bits per heavy atom. The minimum absolute atomic E-state index is 0.00171. The molecule has 1 heterocycles. The maximum Gasteiger partial charge on any atom is 0.414 e. The van der Waals surface area contributed by atoms with Gasteiger partial charge in [0.1, 0.15) is 12.4 Å². The number of aliphatic carboxylic acids is 4. The number of carboxylic acids is 4. The zero-order valence-corrected chi connectivity index (χ0v) is 22.8. The zero-order valence-electron chi connectivity index (χ0n) is 21.3. The first-order chi connectivity index (χ1) is 18.8. The summed E-state index contributed by atoms with van der Waals surface area (Å²) in [6.45, 7) is 7.00. The van der Waals surface area contributed by atoms with E-state index in [-0.39, 0.29) is 11.9 Å². The highest BCUT2D eigenvalue weighted by Crippen LogP contribution is 2.16. The van der Waals surface area contributed by atoms with Crippen LogP contribution in [0.2, 0.25) is 10.0 Å². The van der Waals surface area contributed by atoms with Crippen molar-refractivity contribution in [3.63, 3.8) is 0 Å². The van der Waals surface area contributed by atoms with Crippen LogP contribution in [-0.2, 0) is 24.0 Å². The summed E-state index contributed by atoms with van der Waals surface area (Å²) >= 11 is 11.8. The molecule has 0 saturated carbocycles. The first-order valence-corrected chi connectivity index (χ1v) is 12.4. The highest BCUT2D eigenvalue weighted by Gasteiger charge is 2.25. The minimum atomic E-state index is -1.82. The van der Waals surface area contributed by atoms with Crippen molar-refractivity contribution in [2.45, 2.75) is 13.0 Å². The number of amides is 1. The molecule has 0 bridgehead atoms. The summed E-state index contributed by atoms with van der Waals surface area (Å²) in [5.41, 5.74) is 0.763. The molecule has 1 aliphatic rings. The third-order valence-corrected chi connectivity index (χ3v) is 5.81. The molecule has 5 N–H and O–H groups in total. The van der Waals surface area contributed by atoms with Crippen molar-refractivity contribution in [1.82, 2.24) is 9.80 Å². The predicted octanol–water partition coefficient (Wildman–Crippen LogP) is 2.33. The van der Waals surface area contributed by atoms with E-state index in [4.69, 9.17) is 67.5 Å².